The van der Waals surface area contributed by atoms with E-state index < -0.39 is 5.91 Å². The van der Waals surface area contributed by atoms with Gasteiger partial charge >= 0.3 is 0 Å². The number of primary amides is 1. The lowest BCUT2D eigenvalue weighted by atomic mass is 9.85. The van der Waals surface area contributed by atoms with Crippen LogP contribution in [-0.4, -0.2) is 34.7 Å². The summed E-state index contributed by atoms with van der Waals surface area (Å²) in [6.45, 7) is 4.20. The van der Waals surface area contributed by atoms with Gasteiger partial charge in [-0.25, -0.2) is 0 Å². The highest BCUT2D eigenvalue weighted by atomic mass is 35.5. The fraction of sp³-hybridized carbons (Fsp3) is 0.643. The molecule has 4 N–H and O–H groups in total. The number of hydrogen-bond acceptors (Lipinski definition) is 4. The predicted octanol–water partition coefficient (Wildman–Crippen LogP) is 0.755. The zero-order chi connectivity index (χ0) is 15.2. The molecule has 8 heteroatoms. The van der Waals surface area contributed by atoms with Crippen LogP contribution >= 0.6 is 12.4 Å². The van der Waals surface area contributed by atoms with E-state index in [4.69, 9.17) is 5.73 Å². The van der Waals surface area contributed by atoms with Crippen LogP contribution < -0.4 is 16.4 Å². The van der Waals surface area contributed by atoms with Gasteiger partial charge in [-0.1, -0.05) is 6.92 Å². The quantitative estimate of drug-likeness (QED) is 0.716. The van der Waals surface area contributed by atoms with Crippen molar-refractivity contribution in [3.63, 3.8) is 0 Å². The standard InChI is InChI=1S/C14H23N5O2.ClH/c1-10(11-3-2-4-16-6-11)5-14(21)18-12-7-17-19(8-12)9-13(15)20;/h7-8,10-11,16H,2-6,9H2,1H3,(H2,15,20)(H,18,21);1H. The fourth-order valence-corrected chi connectivity index (χ4v) is 2.71. The monoisotopic (exact) mass is 329 g/mol. The summed E-state index contributed by atoms with van der Waals surface area (Å²) < 4.78 is 1.41. The van der Waals surface area contributed by atoms with Gasteiger partial charge in [-0.05, 0) is 37.8 Å². The first-order valence-electron chi connectivity index (χ1n) is 7.36. The van der Waals surface area contributed by atoms with E-state index >= 15 is 0 Å². The smallest absolute Gasteiger partial charge is 0.239 e. The summed E-state index contributed by atoms with van der Waals surface area (Å²) in [6.07, 6.45) is 5.98. The van der Waals surface area contributed by atoms with E-state index in [2.05, 4.69) is 22.7 Å². The number of carbonyl (C=O) groups is 2. The molecule has 0 aromatic carbocycles. The molecule has 0 saturated carbocycles. The van der Waals surface area contributed by atoms with Gasteiger partial charge in [-0.15, -0.1) is 12.4 Å². The molecule has 0 radical (unpaired) electrons. The van der Waals surface area contributed by atoms with Crippen LogP contribution in [0.5, 0.6) is 0 Å². The molecular weight excluding hydrogens is 306 g/mol. The third-order valence-corrected chi connectivity index (χ3v) is 3.88. The number of amides is 2. The minimum atomic E-state index is -0.464. The van der Waals surface area contributed by atoms with Crippen molar-refractivity contribution in [3.8, 4) is 0 Å². The topological polar surface area (TPSA) is 102 Å². The zero-order valence-corrected chi connectivity index (χ0v) is 13.6. The average molecular weight is 330 g/mol. The Hall–Kier alpha value is -1.60. The Morgan fingerprint density at radius 1 is 1.59 bits per heavy atom. The highest BCUT2D eigenvalue weighted by Crippen LogP contribution is 2.22. The maximum absolute atomic E-state index is 12.0. The largest absolute Gasteiger partial charge is 0.368 e. The summed E-state index contributed by atoms with van der Waals surface area (Å²) in [7, 11) is 0. The second kappa shape index (κ2) is 8.75. The van der Waals surface area contributed by atoms with Crippen LogP contribution in [0.1, 0.15) is 26.2 Å². The van der Waals surface area contributed by atoms with Gasteiger partial charge in [0.2, 0.25) is 11.8 Å². The van der Waals surface area contributed by atoms with Crippen LogP contribution in [0.4, 0.5) is 5.69 Å². The van der Waals surface area contributed by atoms with Gasteiger partial charge in [0, 0.05) is 12.6 Å². The minimum Gasteiger partial charge on any atom is -0.368 e. The Morgan fingerprint density at radius 3 is 3.00 bits per heavy atom. The summed E-state index contributed by atoms with van der Waals surface area (Å²) >= 11 is 0. The number of carbonyl (C=O) groups excluding carboxylic acids is 2. The summed E-state index contributed by atoms with van der Waals surface area (Å²) in [5.41, 5.74) is 5.68. The van der Waals surface area contributed by atoms with Gasteiger partial charge in [0.05, 0.1) is 11.9 Å². The molecule has 2 atom stereocenters. The molecular formula is C14H24ClN5O2. The van der Waals surface area contributed by atoms with Gasteiger partial charge in [0.15, 0.2) is 0 Å². The highest BCUT2D eigenvalue weighted by Gasteiger charge is 2.22. The minimum absolute atomic E-state index is 0. The molecule has 7 nitrogen and oxygen atoms in total. The maximum atomic E-state index is 12.0. The molecule has 2 rings (SSSR count). The van der Waals surface area contributed by atoms with Crippen molar-refractivity contribution in [1.29, 1.82) is 0 Å². The van der Waals surface area contributed by atoms with E-state index in [9.17, 15) is 9.59 Å². The highest BCUT2D eigenvalue weighted by molar-refractivity contribution is 5.90. The molecule has 1 aromatic heterocycles. The van der Waals surface area contributed by atoms with Gasteiger partial charge in [-0.2, -0.15) is 5.10 Å². The zero-order valence-electron chi connectivity index (χ0n) is 12.7. The van der Waals surface area contributed by atoms with Gasteiger partial charge in [0.25, 0.3) is 0 Å². The van der Waals surface area contributed by atoms with Crippen molar-refractivity contribution in [2.75, 3.05) is 18.4 Å². The lowest BCUT2D eigenvalue weighted by Gasteiger charge is -2.27. The van der Waals surface area contributed by atoms with Gasteiger partial charge in [-0.3, -0.25) is 14.3 Å². The second-order valence-electron chi connectivity index (χ2n) is 5.73. The van der Waals surface area contributed by atoms with Crippen LogP contribution in [0, 0.1) is 11.8 Å². The average Bonchev–Trinajstić information content (AvgIpc) is 2.85. The van der Waals surface area contributed by atoms with Crippen molar-refractivity contribution in [2.45, 2.75) is 32.7 Å². The molecule has 1 saturated heterocycles. The van der Waals surface area contributed by atoms with Gasteiger partial charge < -0.3 is 16.4 Å². The molecule has 124 valence electrons. The Morgan fingerprint density at radius 2 is 2.36 bits per heavy atom. The first-order chi connectivity index (χ1) is 10.0. The predicted molar refractivity (Wildman–Crippen MR) is 86.7 cm³/mol. The number of anilines is 1. The first kappa shape index (κ1) is 18.4. The third kappa shape index (κ3) is 5.65. The summed E-state index contributed by atoms with van der Waals surface area (Å²) in [5.74, 6) is 0.418. The summed E-state index contributed by atoms with van der Waals surface area (Å²) in [4.78, 5) is 22.8. The first-order valence-corrected chi connectivity index (χ1v) is 7.36. The van der Waals surface area contributed by atoms with E-state index in [1.54, 1.807) is 6.20 Å². The summed E-state index contributed by atoms with van der Waals surface area (Å²) in [6, 6.07) is 0. The number of hydrogen-bond donors (Lipinski definition) is 3. The lowest BCUT2D eigenvalue weighted by Crippen LogP contribution is -2.34. The molecule has 2 heterocycles. The van der Waals surface area contributed by atoms with Crippen LogP contribution in [-0.2, 0) is 16.1 Å². The second-order valence-corrected chi connectivity index (χ2v) is 5.73. The van der Waals surface area contributed by atoms with Crippen molar-refractivity contribution in [1.82, 2.24) is 15.1 Å². The molecule has 1 fully saturated rings. The van der Waals surface area contributed by atoms with E-state index in [1.807, 2.05) is 0 Å². The number of piperidine rings is 1. The molecule has 22 heavy (non-hydrogen) atoms. The number of nitrogens with one attached hydrogen (secondary N) is 2. The number of halogens is 1. The van der Waals surface area contributed by atoms with E-state index in [0.29, 0.717) is 23.9 Å². The normalized spacial score (nSPS) is 19.0. The lowest BCUT2D eigenvalue weighted by molar-refractivity contribution is -0.119. The Kier molecular flexibility index (Phi) is 7.34. The number of nitrogens with zero attached hydrogens (tertiary/aromatic N) is 2. The molecule has 2 amide bonds. The third-order valence-electron chi connectivity index (χ3n) is 3.88. The van der Waals surface area contributed by atoms with Crippen LogP contribution in [0.2, 0.25) is 0 Å². The molecule has 0 aliphatic carbocycles. The van der Waals surface area contributed by atoms with Gasteiger partial charge in [0.1, 0.15) is 6.54 Å². The SMILES string of the molecule is CC(CC(=O)Nc1cnn(CC(N)=O)c1)C1CCCNC1.Cl. The van der Waals surface area contributed by atoms with E-state index in [0.717, 1.165) is 13.1 Å². The van der Waals surface area contributed by atoms with E-state index in [-0.39, 0.29) is 24.9 Å². The Balaban J connectivity index is 0.00000242. The van der Waals surface area contributed by atoms with Crippen molar-refractivity contribution in [2.24, 2.45) is 17.6 Å². The molecule has 1 aromatic rings. The number of nitrogens with two attached hydrogens (primary N) is 1. The molecule has 0 spiro atoms. The molecule has 0 bridgehead atoms. The Bertz CT molecular complexity index is 499. The van der Waals surface area contributed by atoms with E-state index in [1.165, 1.54) is 23.7 Å². The molecule has 1 aliphatic heterocycles. The summed E-state index contributed by atoms with van der Waals surface area (Å²) in [5, 5.41) is 10.2. The van der Waals surface area contributed by atoms with Crippen LogP contribution in [0.3, 0.4) is 0 Å². The fourth-order valence-electron chi connectivity index (χ4n) is 2.71. The molecule has 1 aliphatic rings. The maximum Gasteiger partial charge on any atom is 0.239 e. The van der Waals surface area contributed by atoms with Crippen molar-refractivity contribution >= 4 is 29.9 Å². The van der Waals surface area contributed by atoms with Crippen molar-refractivity contribution < 1.29 is 9.59 Å². The van der Waals surface area contributed by atoms with Crippen LogP contribution in [0.15, 0.2) is 12.4 Å². The van der Waals surface area contributed by atoms with Crippen LogP contribution in [0.25, 0.3) is 0 Å². The Labute approximate surface area is 136 Å². The molecule has 2 unspecified atom stereocenters. The number of aromatic nitrogens is 2. The van der Waals surface area contributed by atoms with Crippen molar-refractivity contribution in [3.05, 3.63) is 12.4 Å². The number of rotatable bonds is 6.